The molecular formula is C18H26N6. The Morgan fingerprint density at radius 1 is 1.17 bits per heavy atom. The molecule has 1 atom stereocenters. The van der Waals surface area contributed by atoms with Gasteiger partial charge >= 0.3 is 0 Å². The molecule has 2 heterocycles. The molecule has 0 aliphatic carbocycles. The summed E-state index contributed by atoms with van der Waals surface area (Å²) >= 11 is 0. The van der Waals surface area contributed by atoms with Gasteiger partial charge in [0, 0.05) is 56.8 Å². The summed E-state index contributed by atoms with van der Waals surface area (Å²) in [7, 11) is 0. The molecule has 1 saturated heterocycles. The number of rotatable bonds is 6. The fourth-order valence-corrected chi connectivity index (χ4v) is 2.90. The quantitative estimate of drug-likeness (QED) is 0.799. The molecule has 0 N–H and O–H groups in total. The molecule has 24 heavy (non-hydrogen) atoms. The van der Waals surface area contributed by atoms with Crippen molar-refractivity contribution in [1.82, 2.24) is 14.9 Å². The van der Waals surface area contributed by atoms with E-state index in [1.54, 1.807) is 0 Å². The average molecular weight is 326 g/mol. The van der Waals surface area contributed by atoms with E-state index >= 15 is 0 Å². The Bertz CT molecular complexity index is 619. The third-order valence-electron chi connectivity index (χ3n) is 4.34. The highest BCUT2D eigenvalue weighted by Crippen LogP contribution is 2.19. The zero-order valence-corrected chi connectivity index (χ0v) is 14.9. The van der Waals surface area contributed by atoms with Crippen molar-refractivity contribution >= 4 is 5.82 Å². The van der Waals surface area contributed by atoms with Crippen molar-refractivity contribution in [1.29, 1.82) is 10.5 Å². The lowest BCUT2D eigenvalue weighted by molar-refractivity contribution is 0.232. The van der Waals surface area contributed by atoms with Crippen molar-refractivity contribution in [3.63, 3.8) is 0 Å². The Labute approximate surface area is 144 Å². The second-order valence-corrected chi connectivity index (χ2v) is 6.69. The van der Waals surface area contributed by atoms with E-state index in [0.717, 1.165) is 50.1 Å². The molecule has 0 aromatic carbocycles. The van der Waals surface area contributed by atoms with E-state index in [4.69, 9.17) is 10.2 Å². The van der Waals surface area contributed by atoms with Crippen LogP contribution in [0.3, 0.4) is 0 Å². The van der Waals surface area contributed by atoms with E-state index in [0.29, 0.717) is 18.8 Å². The van der Waals surface area contributed by atoms with E-state index < -0.39 is 0 Å². The zero-order chi connectivity index (χ0) is 17.5. The van der Waals surface area contributed by atoms with Gasteiger partial charge in [-0.2, -0.15) is 10.5 Å². The van der Waals surface area contributed by atoms with Crippen molar-refractivity contribution in [2.24, 2.45) is 5.92 Å². The summed E-state index contributed by atoms with van der Waals surface area (Å²) in [6.07, 6.45) is 1.12. The Balaban J connectivity index is 1.93. The highest BCUT2D eigenvalue weighted by atomic mass is 15.3. The van der Waals surface area contributed by atoms with Gasteiger partial charge in [0.25, 0.3) is 0 Å². The predicted octanol–water partition coefficient (Wildman–Crippen LogP) is 2.47. The monoisotopic (exact) mass is 326 g/mol. The van der Waals surface area contributed by atoms with Crippen LogP contribution in [-0.2, 0) is 0 Å². The topological polar surface area (TPSA) is 79.8 Å². The second kappa shape index (κ2) is 8.61. The number of aryl methyl sites for hydroxylation is 1. The maximum atomic E-state index is 9.21. The highest BCUT2D eigenvalue weighted by Gasteiger charge is 2.21. The molecule has 1 aromatic rings. The van der Waals surface area contributed by atoms with Crippen LogP contribution >= 0.6 is 0 Å². The second-order valence-electron chi connectivity index (χ2n) is 6.69. The number of nitriles is 2. The van der Waals surface area contributed by atoms with Crippen LogP contribution in [0.25, 0.3) is 0 Å². The molecule has 6 heteroatoms. The molecule has 6 nitrogen and oxygen atoms in total. The minimum absolute atomic E-state index is 0.0509. The molecule has 0 amide bonds. The molecule has 0 radical (unpaired) electrons. The standard InChI is InChI=1S/C18H26N6/c1-14(2)18-21-15(3)11-17(22-18)24-9-7-23(8-10-24)13-16(12-20)5-4-6-19/h11,14,16H,4-5,7-10,13H2,1-3H3/t16-/m1/s1. The van der Waals surface area contributed by atoms with Crippen molar-refractivity contribution in [3.05, 3.63) is 17.6 Å². The zero-order valence-electron chi connectivity index (χ0n) is 14.9. The van der Waals surface area contributed by atoms with Gasteiger partial charge in [0.1, 0.15) is 11.6 Å². The van der Waals surface area contributed by atoms with Gasteiger partial charge < -0.3 is 4.90 Å². The molecule has 0 saturated carbocycles. The first kappa shape index (κ1) is 18.2. The van der Waals surface area contributed by atoms with Crippen molar-refractivity contribution in [3.8, 4) is 12.1 Å². The Morgan fingerprint density at radius 3 is 2.46 bits per heavy atom. The van der Waals surface area contributed by atoms with Gasteiger partial charge in [-0.05, 0) is 13.3 Å². The minimum Gasteiger partial charge on any atom is -0.354 e. The fraction of sp³-hybridized carbons (Fsp3) is 0.667. The summed E-state index contributed by atoms with van der Waals surface area (Å²) in [5, 5.41) is 17.9. The number of piperazine rings is 1. The largest absolute Gasteiger partial charge is 0.354 e. The van der Waals surface area contributed by atoms with E-state index in [1.165, 1.54) is 0 Å². The summed E-state index contributed by atoms with van der Waals surface area (Å²) in [5.74, 6) is 2.17. The van der Waals surface area contributed by atoms with Crippen molar-refractivity contribution in [2.75, 3.05) is 37.6 Å². The number of hydrogen-bond acceptors (Lipinski definition) is 6. The summed E-state index contributed by atoms with van der Waals surface area (Å²) < 4.78 is 0. The van der Waals surface area contributed by atoms with Crippen LogP contribution in [0.15, 0.2) is 6.07 Å². The highest BCUT2D eigenvalue weighted by molar-refractivity contribution is 5.40. The van der Waals surface area contributed by atoms with Crippen LogP contribution in [0.1, 0.15) is 44.1 Å². The predicted molar refractivity (Wildman–Crippen MR) is 93.5 cm³/mol. The van der Waals surface area contributed by atoms with E-state index in [1.807, 2.05) is 13.0 Å². The average Bonchev–Trinajstić information content (AvgIpc) is 2.58. The molecule has 2 rings (SSSR count). The first-order chi connectivity index (χ1) is 11.5. The van der Waals surface area contributed by atoms with E-state index in [9.17, 15) is 5.26 Å². The van der Waals surface area contributed by atoms with Gasteiger partial charge in [-0.3, -0.25) is 4.90 Å². The van der Waals surface area contributed by atoms with Gasteiger partial charge in [-0.15, -0.1) is 0 Å². The molecule has 128 valence electrons. The first-order valence-electron chi connectivity index (χ1n) is 8.63. The normalized spacial score (nSPS) is 16.7. The Morgan fingerprint density at radius 2 is 1.88 bits per heavy atom. The minimum atomic E-state index is -0.0509. The molecular weight excluding hydrogens is 300 g/mol. The van der Waals surface area contributed by atoms with Gasteiger partial charge in [0.05, 0.1) is 18.1 Å². The summed E-state index contributed by atoms with van der Waals surface area (Å²) in [6, 6.07) is 6.50. The van der Waals surface area contributed by atoms with Gasteiger partial charge in [-0.25, -0.2) is 9.97 Å². The lowest BCUT2D eigenvalue weighted by Gasteiger charge is -2.36. The summed E-state index contributed by atoms with van der Waals surface area (Å²) in [6.45, 7) is 10.6. The van der Waals surface area contributed by atoms with Crippen LogP contribution in [-0.4, -0.2) is 47.6 Å². The lowest BCUT2D eigenvalue weighted by Crippen LogP contribution is -2.48. The van der Waals surface area contributed by atoms with Gasteiger partial charge in [0.15, 0.2) is 0 Å². The Kier molecular flexibility index (Phi) is 6.52. The van der Waals surface area contributed by atoms with E-state index in [-0.39, 0.29) is 5.92 Å². The van der Waals surface area contributed by atoms with Crippen LogP contribution < -0.4 is 4.90 Å². The summed E-state index contributed by atoms with van der Waals surface area (Å²) in [5.41, 5.74) is 1.01. The molecule has 1 aromatic heterocycles. The third kappa shape index (κ3) is 4.91. The SMILES string of the molecule is Cc1cc(N2CCN(C[C@@H](C#N)CCC#N)CC2)nc(C(C)C)n1. The fourth-order valence-electron chi connectivity index (χ4n) is 2.90. The number of hydrogen-bond donors (Lipinski definition) is 0. The molecule has 0 spiro atoms. The van der Waals surface area contributed by atoms with Crippen LogP contribution in [0.2, 0.25) is 0 Å². The number of aromatic nitrogens is 2. The maximum Gasteiger partial charge on any atom is 0.133 e. The van der Waals surface area contributed by atoms with Crippen molar-refractivity contribution in [2.45, 2.75) is 39.5 Å². The molecule has 0 unspecified atom stereocenters. The van der Waals surface area contributed by atoms with Crippen LogP contribution in [0, 0.1) is 35.5 Å². The smallest absolute Gasteiger partial charge is 0.133 e. The van der Waals surface area contributed by atoms with Gasteiger partial charge in [-0.1, -0.05) is 13.8 Å². The van der Waals surface area contributed by atoms with Crippen molar-refractivity contribution < 1.29 is 0 Å². The lowest BCUT2D eigenvalue weighted by atomic mass is 10.0. The molecule has 0 bridgehead atoms. The number of nitrogens with zero attached hydrogens (tertiary/aromatic N) is 6. The third-order valence-corrected chi connectivity index (χ3v) is 4.34. The van der Waals surface area contributed by atoms with E-state index in [2.05, 4.69) is 40.8 Å². The molecule has 1 aliphatic heterocycles. The number of anilines is 1. The first-order valence-corrected chi connectivity index (χ1v) is 8.63. The van der Waals surface area contributed by atoms with Gasteiger partial charge in [0.2, 0.25) is 0 Å². The van der Waals surface area contributed by atoms with Crippen LogP contribution in [0.4, 0.5) is 5.82 Å². The summed E-state index contributed by atoms with van der Waals surface area (Å²) in [4.78, 5) is 13.8. The van der Waals surface area contributed by atoms with Crippen LogP contribution in [0.5, 0.6) is 0 Å². The maximum absolute atomic E-state index is 9.21. The molecule has 1 aliphatic rings. The molecule has 1 fully saturated rings. The Hall–Kier alpha value is -2.18.